The van der Waals surface area contributed by atoms with Gasteiger partial charge in [0.1, 0.15) is 11.9 Å². The molecule has 5 heteroatoms. The zero-order valence-electron chi connectivity index (χ0n) is 8.47. The van der Waals surface area contributed by atoms with Gasteiger partial charge in [0.2, 0.25) is 0 Å². The van der Waals surface area contributed by atoms with Crippen LogP contribution in [0.1, 0.15) is 0 Å². The van der Waals surface area contributed by atoms with E-state index in [-0.39, 0.29) is 0 Å². The first kappa shape index (κ1) is 8.67. The van der Waals surface area contributed by atoms with Gasteiger partial charge >= 0.3 is 0 Å². The van der Waals surface area contributed by atoms with Crippen LogP contribution >= 0.6 is 0 Å². The molecule has 0 aromatic carbocycles. The van der Waals surface area contributed by atoms with Crippen LogP contribution in [0.3, 0.4) is 0 Å². The summed E-state index contributed by atoms with van der Waals surface area (Å²) in [7, 11) is 2.08. The van der Waals surface area contributed by atoms with E-state index in [0.717, 1.165) is 30.0 Å². The highest BCUT2D eigenvalue weighted by Gasteiger charge is 2.24. The van der Waals surface area contributed by atoms with Crippen LogP contribution in [0.5, 0.6) is 5.75 Å². The molecule has 0 saturated carbocycles. The van der Waals surface area contributed by atoms with Gasteiger partial charge in [-0.2, -0.15) is 0 Å². The summed E-state index contributed by atoms with van der Waals surface area (Å²) in [6, 6.07) is 1.94. The molecule has 1 aliphatic heterocycles. The minimum Gasteiger partial charge on any atom is -0.486 e. The summed E-state index contributed by atoms with van der Waals surface area (Å²) in [5.74, 6) is 0.810. The number of likely N-dealkylation sites (N-methyl/N-ethyl adjacent to an activating group) is 1. The fourth-order valence-corrected chi connectivity index (χ4v) is 1.78. The lowest BCUT2D eigenvalue weighted by Gasteiger charge is -2.35. The molecule has 3 heterocycles. The Morgan fingerprint density at radius 2 is 2.33 bits per heavy atom. The predicted molar refractivity (Wildman–Crippen MR) is 55.8 cm³/mol. The topological polar surface area (TPSA) is 54.0 Å². The van der Waals surface area contributed by atoms with Crippen LogP contribution in [0.15, 0.2) is 18.6 Å². The van der Waals surface area contributed by atoms with Gasteiger partial charge < -0.3 is 9.72 Å². The Labute approximate surface area is 87.1 Å². The first-order valence-electron chi connectivity index (χ1n) is 4.95. The number of likely N-dealkylation sites (tertiary alicyclic amines) is 1. The largest absolute Gasteiger partial charge is 0.486 e. The highest BCUT2D eigenvalue weighted by atomic mass is 16.5. The monoisotopic (exact) mass is 204 g/mol. The summed E-state index contributed by atoms with van der Waals surface area (Å²) in [4.78, 5) is 13.5. The first-order valence-corrected chi connectivity index (χ1v) is 4.95. The summed E-state index contributed by atoms with van der Waals surface area (Å²) in [6.45, 7) is 1.97. The van der Waals surface area contributed by atoms with E-state index in [0.29, 0.717) is 6.10 Å². The number of ether oxygens (including phenoxy) is 1. The molecule has 5 nitrogen and oxygen atoms in total. The van der Waals surface area contributed by atoms with Crippen LogP contribution in [-0.2, 0) is 0 Å². The van der Waals surface area contributed by atoms with Gasteiger partial charge in [-0.15, -0.1) is 0 Å². The maximum atomic E-state index is 5.75. The van der Waals surface area contributed by atoms with Crippen molar-refractivity contribution in [3.8, 4) is 5.75 Å². The molecule has 15 heavy (non-hydrogen) atoms. The number of aromatic nitrogens is 3. The maximum absolute atomic E-state index is 5.75. The summed E-state index contributed by atoms with van der Waals surface area (Å²) >= 11 is 0. The Hall–Kier alpha value is -1.62. The molecule has 0 bridgehead atoms. The highest BCUT2D eigenvalue weighted by molar-refractivity contribution is 5.70. The molecule has 0 amide bonds. The van der Waals surface area contributed by atoms with Crippen molar-refractivity contribution in [2.24, 2.45) is 0 Å². The summed E-state index contributed by atoms with van der Waals surface area (Å²) < 4.78 is 5.75. The Morgan fingerprint density at radius 3 is 3.13 bits per heavy atom. The van der Waals surface area contributed by atoms with Crippen LogP contribution in [0.2, 0.25) is 0 Å². The van der Waals surface area contributed by atoms with E-state index in [9.17, 15) is 0 Å². The molecule has 1 N–H and O–H groups in total. The average molecular weight is 204 g/mol. The molecule has 0 radical (unpaired) electrons. The minimum atomic E-state index is 0.303. The third kappa shape index (κ3) is 1.55. The normalized spacial score (nSPS) is 17.9. The molecule has 0 unspecified atom stereocenters. The Kier molecular flexibility index (Phi) is 1.85. The number of nitrogens with zero attached hydrogens (tertiary/aromatic N) is 3. The lowest BCUT2D eigenvalue weighted by Crippen LogP contribution is -2.51. The quantitative estimate of drug-likeness (QED) is 0.780. The summed E-state index contributed by atoms with van der Waals surface area (Å²) in [5, 5.41) is 0. The molecular formula is C10H12N4O. The van der Waals surface area contributed by atoms with Crippen LogP contribution in [0, 0.1) is 0 Å². The van der Waals surface area contributed by atoms with Gasteiger partial charge in [-0.1, -0.05) is 0 Å². The SMILES string of the molecule is CN1CC(Oc2cnc3nc[nH]c3c2)C1. The van der Waals surface area contributed by atoms with E-state index < -0.39 is 0 Å². The van der Waals surface area contributed by atoms with Crippen molar-refractivity contribution in [3.05, 3.63) is 18.6 Å². The van der Waals surface area contributed by atoms with Crippen molar-refractivity contribution in [1.29, 1.82) is 0 Å². The molecule has 78 valence electrons. The van der Waals surface area contributed by atoms with Gasteiger partial charge in [-0.3, -0.25) is 4.90 Å². The number of imidazole rings is 1. The fraction of sp³-hybridized carbons (Fsp3) is 0.400. The zero-order valence-corrected chi connectivity index (χ0v) is 8.47. The van der Waals surface area contributed by atoms with E-state index in [1.165, 1.54) is 0 Å². The second-order valence-corrected chi connectivity index (χ2v) is 3.91. The number of H-pyrrole nitrogens is 1. The van der Waals surface area contributed by atoms with Crippen molar-refractivity contribution < 1.29 is 4.74 Å². The van der Waals surface area contributed by atoms with Gasteiger partial charge in [0.15, 0.2) is 5.65 Å². The average Bonchev–Trinajstić information content (AvgIpc) is 2.62. The molecular weight excluding hydrogens is 192 g/mol. The maximum Gasteiger partial charge on any atom is 0.177 e. The van der Waals surface area contributed by atoms with Gasteiger partial charge in [0.25, 0.3) is 0 Å². The smallest absolute Gasteiger partial charge is 0.177 e. The fourth-order valence-electron chi connectivity index (χ4n) is 1.78. The molecule has 0 aliphatic carbocycles. The van der Waals surface area contributed by atoms with Gasteiger partial charge in [-0.25, -0.2) is 9.97 Å². The van der Waals surface area contributed by atoms with Crippen LogP contribution in [-0.4, -0.2) is 46.1 Å². The summed E-state index contributed by atoms with van der Waals surface area (Å²) in [6.07, 6.45) is 3.66. The van der Waals surface area contributed by atoms with Gasteiger partial charge in [-0.05, 0) is 7.05 Å². The van der Waals surface area contributed by atoms with Crippen molar-refractivity contribution in [3.63, 3.8) is 0 Å². The third-order valence-corrected chi connectivity index (χ3v) is 2.58. The van der Waals surface area contributed by atoms with Crippen molar-refractivity contribution in [1.82, 2.24) is 19.9 Å². The van der Waals surface area contributed by atoms with Crippen LogP contribution in [0.4, 0.5) is 0 Å². The molecule has 1 fully saturated rings. The van der Waals surface area contributed by atoms with E-state index in [1.54, 1.807) is 12.5 Å². The minimum absolute atomic E-state index is 0.303. The molecule has 1 saturated heterocycles. The molecule has 3 rings (SSSR count). The highest BCUT2D eigenvalue weighted by Crippen LogP contribution is 2.19. The molecule has 2 aromatic rings. The van der Waals surface area contributed by atoms with Gasteiger partial charge in [0.05, 0.1) is 18.0 Å². The molecule has 2 aromatic heterocycles. The van der Waals surface area contributed by atoms with E-state index in [2.05, 4.69) is 26.9 Å². The number of nitrogens with one attached hydrogen (secondary N) is 1. The number of hydrogen-bond donors (Lipinski definition) is 1. The van der Waals surface area contributed by atoms with Crippen LogP contribution < -0.4 is 4.74 Å². The number of aromatic amines is 1. The zero-order chi connectivity index (χ0) is 10.3. The van der Waals surface area contributed by atoms with E-state index in [4.69, 9.17) is 4.74 Å². The van der Waals surface area contributed by atoms with E-state index >= 15 is 0 Å². The van der Waals surface area contributed by atoms with Gasteiger partial charge in [0, 0.05) is 19.2 Å². The second kappa shape index (κ2) is 3.20. The Balaban J connectivity index is 1.79. The van der Waals surface area contributed by atoms with Crippen molar-refractivity contribution >= 4 is 11.2 Å². The molecule has 0 atom stereocenters. The summed E-state index contributed by atoms with van der Waals surface area (Å²) in [5.41, 5.74) is 1.65. The first-order chi connectivity index (χ1) is 7.31. The number of rotatable bonds is 2. The number of fused-ring (bicyclic) bond motifs is 1. The lowest BCUT2D eigenvalue weighted by molar-refractivity contribution is 0.0387. The second-order valence-electron chi connectivity index (χ2n) is 3.91. The van der Waals surface area contributed by atoms with Crippen LogP contribution in [0.25, 0.3) is 11.2 Å². The Morgan fingerprint density at radius 1 is 1.47 bits per heavy atom. The Bertz CT molecular complexity index is 475. The molecule has 1 aliphatic rings. The van der Waals surface area contributed by atoms with Crippen molar-refractivity contribution in [2.45, 2.75) is 6.10 Å². The number of hydrogen-bond acceptors (Lipinski definition) is 4. The number of pyridine rings is 1. The lowest BCUT2D eigenvalue weighted by atomic mass is 10.2. The standard InChI is InChI=1S/C10H12N4O/c1-14-4-8(5-14)15-7-2-9-10(11-3-7)13-6-12-9/h2-3,6,8H,4-5H2,1H3,(H,11,12,13). The third-order valence-electron chi connectivity index (χ3n) is 2.58. The van der Waals surface area contributed by atoms with Crippen molar-refractivity contribution in [2.75, 3.05) is 20.1 Å². The van der Waals surface area contributed by atoms with E-state index in [1.807, 2.05) is 6.07 Å². The predicted octanol–water partition coefficient (Wildman–Crippen LogP) is 0.651. The molecule has 0 spiro atoms.